The number of ether oxygens (including phenoxy) is 3. The Morgan fingerprint density at radius 1 is 0.595 bits per heavy atom. The average Bonchev–Trinajstić information content (AvgIpc) is 2.83. The van der Waals surface area contributed by atoms with E-state index in [4.69, 9.17) is 30.5 Å². The molecule has 0 bridgehead atoms. The lowest BCUT2D eigenvalue weighted by Crippen LogP contribution is -2.52. The lowest BCUT2D eigenvalue weighted by molar-refractivity contribution is -0.490. The van der Waals surface area contributed by atoms with Crippen LogP contribution in [0.25, 0.3) is 0 Å². The van der Waals surface area contributed by atoms with Crippen LogP contribution in [-0.4, -0.2) is 57.7 Å². The first-order valence-electron chi connectivity index (χ1n) is 14.9. The van der Waals surface area contributed by atoms with Gasteiger partial charge in [0.2, 0.25) is 0 Å². The van der Waals surface area contributed by atoms with Crippen LogP contribution >= 0.6 is 29.2 Å². The molecule has 0 aliphatic carbocycles. The normalized spacial score (nSPS) is 16.0. The molecule has 0 rings (SSSR count). The zero-order valence-corrected chi connectivity index (χ0v) is 29.4. The van der Waals surface area contributed by atoms with E-state index in [2.05, 4.69) is 66.0 Å². The average molecular weight is 677 g/mol. The summed E-state index contributed by atoms with van der Waals surface area (Å²) in [6, 6.07) is 0. The molecule has 0 heterocycles. The number of carboxylic acids is 3. The second-order valence-corrected chi connectivity index (χ2v) is 20.6. The van der Waals surface area contributed by atoms with Crippen molar-refractivity contribution >= 4 is 58.9 Å². The molecule has 0 aromatic heterocycles. The fraction of sp³-hybridized carbons (Fsp3) is 0.893. The van der Waals surface area contributed by atoms with Crippen LogP contribution in [0.3, 0.4) is 0 Å². The van der Waals surface area contributed by atoms with Crippen LogP contribution in [0.5, 0.6) is 0 Å². The van der Waals surface area contributed by atoms with Gasteiger partial charge in [-0.2, -0.15) is 0 Å². The summed E-state index contributed by atoms with van der Waals surface area (Å²) < 4.78 is 19.7. The second kappa shape index (κ2) is 21.4. The number of rotatable bonds is 26. The molecule has 0 aliphatic heterocycles. The Labute approximate surface area is 267 Å². The first kappa shape index (κ1) is 41.6. The van der Waals surface area contributed by atoms with E-state index >= 15 is 0 Å². The summed E-state index contributed by atoms with van der Waals surface area (Å²) in [5.74, 6) is -2.87. The zero-order valence-electron chi connectivity index (χ0n) is 25.9. The molecular weight excluding hydrogens is 623 g/mol. The minimum absolute atomic E-state index is 0.0140. The summed E-state index contributed by atoms with van der Waals surface area (Å²) in [5, 5.41) is 30.0. The number of unbranched alkanes of at least 4 members (excludes halogenated alkanes) is 3. The van der Waals surface area contributed by atoms with Gasteiger partial charge in [0.05, 0.1) is 0 Å². The molecule has 14 heteroatoms. The minimum atomic E-state index is -3.41. The van der Waals surface area contributed by atoms with Crippen molar-refractivity contribution in [2.24, 2.45) is 17.8 Å². The molecule has 0 radical (unpaired) electrons. The Hall–Kier alpha value is -0.400. The maximum absolute atomic E-state index is 12.3. The van der Waals surface area contributed by atoms with E-state index in [0.717, 1.165) is 38.5 Å². The van der Waals surface area contributed by atoms with E-state index in [1.165, 1.54) is 0 Å². The fourth-order valence-corrected chi connectivity index (χ4v) is 5.46. The van der Waals surface area contributed by atoms with Gasteiger partial charge in [-0.15, -0.1) is 24.5 Å². The van der Waals surface area contributed by atoms with Crippen LogP contribution in [0.1, 0.15) is 119 Å². The van der Waals surface area contributed by atoms with E-state index in [0.29, 0.717) is 37.0 Å². The van der Waals surface area contributed by atoms with Gasteiger partial charge in [-0.3, -0.25) is 18.7 Å². The number of hydrogen-bond donors (Lipinski definition) is 5. The standard InChI is InChI=1S/C28H53O10PS3/c1-19(2)13-7-10-16-22(25(29)30)35-28(38-39(40,41)42,36-23(26(31)32)17-11-8-14-20(3)4)37-24(27(33)34)18-12-9-15-21(5)6/h19-24H,7-18H2,1-6H3,(H,29,30)(H,31,32)(H,33,34)(H2,40,41,42). The smallest absolute Gasteiger partial charge is 0.420 e. The third kappa shape index (κ3) is 20.5. The molecule has 3 unspecified atom stereocenters. The summed E-state index contributed by atoms with van der Waals surface area (Å²) in [6.45, 7) is 12.3. The largest absolute Gasteiger partial charge is 0.479 e. The monoisotopic (exact) mass is 676 g/mol. The molecule has 0 fully saturated rings. The molecule has 248 valence electrons. The molecule has 0 saturated carbocycles. The van der Waals surface area contributed by atoms with E-state index in [9.17, 15) is 29.7 Å². The quantitative estimate of drug-likeness (QED) is 0.0265. The Morgan fingerprint density at radius 3 is 1.02 bits per heavy atom. The van der Waals surface area contributed by atoms with E-state index in [1.807, 2.05) is 0 Å². The Bertz CT molecular complexity index is 761. The Kier molecular flexibility index (Phi) is 21.2. The Balaban J connectivity index is 6.43. The number of thiol groups is 2. The predicted octanol–water partition coefficient (Wildman–Crippen LogP) is 7.76. The second-order valence-electron chi connectivity index (χ2n) is 12.0. The van der Waals surface area contributed by atoms with Crippen LogP contribution in [0.4, 0.5) is 0 Å². The molecule has 3 atom stereocenters. The first-order valence-corrected chi connectivity index (χ1v) is 19.9. The molecule has 42 heavy (non-hydrogen) atoms. The van der Waals surface area contributed by atoms with Gasteiger partial charge >= 0.3 is 24.1 Å². The Morgan fingerprint density at radius 2 is 0.833 bits per heavy atom. The molecule has 0 saturated heterocycles. The van der Waals surface area contributed by atoms with Crippen molar-refractivity contribution in [2.75, 3.05) is 0 Å². The van der Waals surface area contributed by atoms with Crippen molar-refractivity contribution in [3.05, 3.63) is 0 Å². The topological polar surface area (TPSA) is 149 Å². The van der Waals surface area contributed by atoms with Gasteiger partial charge in [-0.25, -0.2) is 14.4 Å². The van der Waals surface area contributed by atoms with Crippen molar-refractivity contribution in [3.8, 4) is 0 Å². The van der Waals surface area contributed by atoms with Gasteiger partial charge < -0.3 is 15.3 Å². The zero-order chi connectivity index (χ0) is 32.5. The minimum Gasteiger partial charge on any atom is -0.479 e. The number of carbonyl (C=O) groups is 3. The highest BCUT2D eigenvalue weighted by Crippen LogP contribution is 2.60. The lowest BCUT2D eigenvalue weighted by Gasteiger charge is -2.38. The van der Waals surface area contributed by atoms with Crippen molar-refractivity contribution in [3.63, 3.8) is 0 Å². The molecule has 0 aromatic carbocycles. The maximum atomic E-state index is 12.3. The van der Waals surface area contributed by atoms with Crippen LogP contribution in [0.15, 0.2) is 0 Å². The highest BCUT2D eigenvalue weighted by molar-refractivity contribution is 8.90. The molecular formula is C28H53O10PS3. The summed E-state index contributed by atoms with van der Waals surface area (Å²) in [4.78, 5) is 36.8. The lowest BCUT2D eigenvalue weighted by atomic mass is 10.0. The van der Waals surface area contributed by atoms with Crippen LogP contribution in [0, 0.1) is 17.8 Å². The van der Waals surface area contributed by atoms with Crippen molar-refractivity contribution in [1.82, 2.24) is 0 Å². The summed E-state index contributed by atoms with van der Waals surface area (Å²) in [6.07, 6.45) is -1.41. The summed E-state index contributed by atoms with van der Waals surface area (Å²) in [7, 11) is 0. The van der Waals surface area contributed by atoms with Crippen molar-refractivity contribution < 1.29 is 48.4 Å². The van der Waals surface area contributed by atoms with E-state index in [1.54, 1.807) is 0 Å². The van der Waals surface area contributed by atoms with Gasteiger partial charge in [0.1, 0.15) is 0 Å². The van der Waals surface area contributed by atoms with E-state index in [-0.39, 0.29) is 19.3 Å². The number of hydrogen-bond acceptors (Lipinski definition) is 8. The van der Waals surface area contributed by atoms with Crippen LogP contribution in [0.2, 0.25) is 0 Å². The van der Waals surface area contributed by atoms with Gasteiger partial charge in [-0.05, 0) is 48.8 Å². The third-order valence-electron chi connectivity index (χ3n) is 6.41. The fourth-order valence-electron chi connectivity index (χ4n) is 4.16. The van der Waals surface area contributed by atoms with Gasteiger partial charge in [0, 0.05) is 0 Å². The van der Waals surface area contributed by atoms with Crippen molar-refractivity contribution in [2.45, 2.75) is 143 Å². The number of carboxylic acid groups (broad SMARTS) is 3. The van der Waals surface area contributed by atoms with Gasteiger partial charge in [0.25, 0.3) is 0 Å². The molecule has 0 amide bonds. The number of aliphatic carboxylic acids is 3. The third-order valence-corrected chi connectivity index (χ3v) is 7.59. The molecule has 3 N–H and O–H groups in total. The van der Waals surface area contributed by atoms with Crippen LogP contribution < -0.4 is 0 Å². The molecule has 10 nitrogen and oxygen atoms in total. The highest BCUT2D eigenvalue weighted by atomic mass is 33.2. The van der Waals surface area contributed by atoms with Gasteiger partial charge in [0.15, 0.2) is 23.0 Å². The maximum Gasteiger partial charge on any atom is 0.420 e. The molecule has 0 aromatic rings. The van der Waals surface area contributed by atoms with Crippen LogP contribution in [-0.2, 0) is 44.9 Å². The molecule has 0 aliphatic rings. The van der Waals surface area contributed by atoms with Crippen molar-refractivity contribution in [1.29, 1.82) is 0 Å². The first-order chi connectivity index (χ1) is 19.4. The summed E-state index contributed by atoms with van der Waals surface area (Å²) >= 11 is 13.6. The summed E-state index contributed by atoms with van der Waals surface area (Å²) in [5.41, 5.74) is 0. The SMILES string of the molecule is CC(C)CCCCC(OC(OC(CCCCC(C)C)C(=O)O)(OC(CCCCC(C)C)C(=O)O)OP(=S)(S)S)C(=O)O. The molecule has 0 spiro atoms. The van der Waals surface area contributed by atoms with Gasteiger partial charge in [-0.1, -0.05) is 99.3 Å². The predicted molar refractivity (Wildman–Crippen MR) is 174 cm³/mol. The van der Waals surface area contributed by atoms with E-state index < -0.39 is 47.0 Å². The highest BCUT2D eigenvalue weighted by Gasteiger charge is 2.49.